The molecule has 2 heteroatoms. The summed E-state index contributed by atoms with van der Waals surface area (Å²) in [6.45, 7) is 0. The van der Waals surface area contributed by atoms with Gasteiger partial charge in [0.2, 0.25) is 0 Å². The van der Waals surface area contributed by atoms with Crippen LogP contribution in [0.25, 0.3) is 112 Å². The smallest absolute Gasteiger partial charge is 0.0794 e. The first-order chi connectivity index (χ1) is 32.8. The Morgan fingerprint density at radius 1 is 0.136 bits per heavy atom. The first kappa shape index (κ1) is 40.1. The van der Waals surface area contributed by atoms with E-state index in [1.54, 1.807) is 0 Å². The molecule has 66 heavy (non-hydrogen) atoms. The molecule has 310 valence electrons. The standard InChI is InChI=1S/C64H44N2/c1-9-25-45(26-10-1)57-55(58(46-27-11-2-12-28-46)62(52-35-19-6-20-36-52)65-61(57)51-33-17-5-18-34-51)49-41-43-50(44-42-49)56-59(47-29-13-3-14-30-47)63(53-37-21-7-22-38-53)66-64(54-39-23-8-24-40-54)60(56)48-31-15-4-16-32-48/h1-44H. The molecule has 0 N–H and O–H groups in total. The van der Waals surface area contributed by atoms with Gasteiger partial charge in [0.25, 0.3) is 0 Å². The summed E-state index contributed by atoms with van der Waals surface area (Å²) in [5.74, 6) is 0. The van der Waals surface area contributed by atoms with Gasteiger partial charge in [0.15, 0.2) is 0 Å². The molecule has 0 radical (unpaired) electrons. The third-order valence-electron chi connectivity index (χ3n) is 12.3. The third kappa shape index (κ3) is 7.72. The van der Waals surface area contributed by atoms with E-state index >= 15 is 0 Å². The Kier molecular flexibility index (Phi) is 11.0. The third-order valence-corrected chi connectivity index (χ3v) is 12.3. The Balaban J connectivity index is 1.26. The summed E-state index contributed by atoms with van der Waals surface area (Å²) in [6, 6.07) is 94.8. The van der Waals surface area contributed by atoms with Crippen LogP contribution in [0.4, 0.5) is 0 Å². The topological polar surface area (TPSA) is 25.8 Å². The highest BCUT2D eigenvalue weighted by Crippen LogP contribution is 2.51. The zero-order valence-electron chi connectivity index (χ0n) is 36.3. The molecule has 0 aliphatic rings. The van der Waals surface area contributed by atoms with Crippen LogP contribution >= 0.6 is 0 Å². The van der Waals surface area contributed by atoms with Crippen LogP contribution in [0.5, 0.6) is 0 Å². The van der Waals surface area contributed by atoms with Crippen LogP contribution in [0.1, 0.15) is 0 Å². The van der Waals surface area contributed by atoms with Crippen molar-refractivity contribution in [2.75, 3.05) is 0 Å². The van der Waals surface area contributed by atoms with Crippen molar-refractivity contribution >= 4 is 0 Å². The predicted octanol–water partition coefficient (Wildman–Crippen LogP) is 17.1. The number of rotatable bonds is 10. The molecule has 9 aromatic carbocycles. The van der Waals surface area contributed by atoms with Gasteiger partial charge in [0.05, 0.1) is 22.8 Å². The number of benzene rings is 9. The molecule has 11 aromatic rings. The molecule has 2 aromatic heterocycles. The maximum atomic E-state index is 5.68. The zero-order chi connectivity index (χ0) is 44.1. The first-order valence-electron chi connectivity index (χ1n) is 22.5. The van der Waals surface area contributed by atoms with Gasteiger partial charge in [-0.25, -0.2) is 9.97 Å². The van der Waals surface area contributed by atoms with Crippen molar-refractivity contribution in [2.45, 2.75) is 0 Å². The molecule has 2 heterocycles. The number of hydrogen-bond acceptors (Lipinski definition) is 2. The van der Waals surface area contributed by atoms with Crippen molar-refractivity contribution < 1.29 is 0 Å². The summed E-state index contributed by atoms with van der Waals surface area (Å²) in [5.41, 5.74) is 21.2. The molecular formula is C64H44N2. The lowest BCUT2D eigenvalue weighted by Crippen LogP contribution is -2.02. The second kappa shape index (κ2) is 18.2. The lowest BCUT2D eigenvalue weighted by Gasteiger charge is -2.25. The van der Waals surface area contributed by atoms with Gasteiger partial charge in [-0.2, -0.15) is 0 Å². The highest BCUT2D eigenvalue weighted by atomic mass is 14.7. The fourth-order valence-corrected chi connectivity index (χ4v) is 9.31. The molecule has 0 aliphatic carbocycles. The van der Waals surface area contributed by atoms with Crippen molar-refractivity contribution in [3.05, 3.63) is 267 Å². The van der Waals surface area contributed by atoms with Gasteiger partial charge >= 0.3 is 0 Å². The van der Waals surface area contributed by atoms with E-state index in [0.717, 1.165) is 112 Å². The molecule has 11 rings (SSSR count). The molecular weight excluding hydrogens is 797 g/mol. The minimum absolute atomic E-state index is 0.936. The molecule has 0 bridgehead atoms. The second-order valence-electron chi connectivity index (χ2n) is 16.4. The Bertz CT molecular complexity index is 2940. The van der Waals surface area contributed by atoms with Gasteiger partial charge in [-0.3, -0.25) is 0 Å². The molecule has 0 saturated carbocycles. The molecule has 0 atom stereocenters. The van der Waals surface area contributed by atoms with Crippen molar-refractivity contribution in [1.29, 1.82) is 0 Å². The van der Waals surface area contributed by atoms with E-state index in [2.05, 4.69) is 267 Å². The van der Waals surface area contributed by atoms with Crippen LogP contribution in [0.3, 0.4) is 0 Å². The quantitative estimate of drug-likeness (QED) is 0.137. The van der Waals surface area contributed by atoms with Crippen LogP contribution in [0.15, 0.2) is 267 Å². The molecule has 0 unspecified atom stereocenters. The zero-order valence-corrected chi connectivity index (χ0v) is 36.3. The van der Waals surface area contributed by atoms with Crippen LogP contribution in [-0.2, 0) is 0 Å². The summed E-state index contributed by atoms with van der Waals surface area (Å²) >= 11 is 0. The van der Waals surface area contributed by atoms with Gasteiger partial charge < -0.3 is 0 Å². The Hall–Kier alpha value is -8.72. The molecule has 0 amide bonds. The second-order valence-corrected chi connectivity index (χ2v) is 16.4. The molecule has 2 nitrogen and oxygen atoms in total. The maximum Gasteiger partial charge on any atom is 0.0794 e. The number of hydrogen-bond donors (Lipinski definition) is 0. The van der Waals surface area contributed by atoms with Crippen molar-refractivity contribution in [3.63, 3.8) is 0 Å². The van der Waals surface area contributed by atoms with Crippen LogP contribution in [-0.4, -0.2) is 9.97 Å². The molecule has 0 fully saturated rings. The summed E-state index contributed by atoms with van der Waals surface area (Å²) in [4.78, 5) is 11.4. The lowest BCUT2D eigenvalue weighted by atomic mass is 9.81. The van der Waals surface area contributed by atoms with Crippen LogP contribution < -0.4 is 0 Å². The summed E-state index contributed by atoms with van der Waals surface area (Å²) in [7, 11) is 0. The average molecular weight is 841 g/mol. The fourth-order valence-electron chi connectivity index (χ4n) is 9.31. The van der Waals surface area contributed by atoms with Gasteiger partial charge in [-0.05, 0) is 33.4 Å². The summed E-state index contributed by atoms with van der Waals surface area (Å²) in [6.07, 6.45) is 0. The van der Waals surface area contributed by atoms with E-state index in [1.165, 1.54) is 0 Å². The Morgan fingerprint density at radius 2 is 0.288 bits per heavy atom. The lowest BCUT2D eigenvalue weighted by molar-refractivity contribution is 1.32. The number of aromatic nitrogens is 2. The van der Waals surface area contributed by atoms with Crippen LogP contribution in [0.2, 0.25) is 0 Å². The minimum Gasteiger partial charge on any atom is -0.246 e. The predicted molar refractivity (Wildman–Crippen MR) is 276 cm³/mol. The first-order valence-corrected chi connectivity index (χ1v) is 22.5. The summed E-state index contributed by atoms with van der Waals surface area (Å²) < 4.78 is 0. The normalized spacial score (nSPS) is 11.0. The average Bonchev–Trinajstić information content (AvgIpc) is 3.41. The van der Waals surface area contributed by atoms with Gasteiger partial charge in [0.1, 0.15) is 0 Å². The minimum atomic E-state index is 0.936. The highest BCUT2D eigenvalue weighted by molar-refractivity contribution is 6.07. The van der Waals surface area contributed by atoms with Crippen molar-refractivity contribution in [3.8, 4) is 112 Å². The van der Waals surface area contributed by atoms with Crippen molar-refractivity contribution in [1.82, 2.24) is 9.97 Å². The largest absolute Gasteiger partial charge is 0.246 e. The van der Waals surface area contributed by atoms with Gasteiger partial charge in [-0.15, -0.1) is 0 Å². The van der Waals surface area contributed by atoms with Crippen LogP contribution in [0, 0.1) is 0 Å². The fraction of sp³-hybridized carbons (Fsp3) is 0. The Labute approximate surface area is 386 Å². The van der Waals surface area contributed by atoms with E-state index in [4.69, 9.17) is 9.97 Å². The van der Waals surface area contributed by atoms with Gasteiger partial charge in [0, 0.05) is 55.6 Å². The van der Waals surface area contributed by atoms with E-state index in [0.29, 0.717) is 0 Å². The maximum absolute atomic E-state index is 5.68. The number of nitrogens with zero attached hydrogens (tertiary/aromatic N) is 2. The number of pyridine rings is 2. The van der Waals surface area contributed by atoms with Gasteiger partial charge in [-0.1, -0.05) is 267 Å². The van der Waals surface area contributed by atoms with E-state index in [-0.39, 0.29) is 0 Å². The Morgan fingerprint density at radius 3 is 0.470 bits per heavy atom. The van der Waals surface area contributed by atoms with Crippen molar-refractivity contribution in [2.24, 2.45) is 0 Å². The van der Waals surface area contributed by atoms with E-state index in [1.807, 2.05) is 0 Å². The molecule has 0 aliphatic heterocycles. The highest BCUT2D eigenvalue weighted by Gasteiger charge is 2.28. The summed E-state index contributed by atoms with van der Waals surface area (Å²) in [5, 5.41) is 0. The SMILES string of the molecule is c1ccc(-c2nc(-c3ccccc3)c(-c3ccccc3)c(-c3ccc(-c4c(-c5ccccc5)c(-c5ccccc5)nc(-c5ccccc5)c4-c4ccccc4)cc3)c2-c2ccccc2)cc1. The monoisotopic (exact) mass is 840 g/mol. The molecule has 0 spiro atoms. The molecule has 0 saturated heterocycles. The van der Waals surface area contributed by atoms with E-state index in [9.17, 15) is 0 Å². The van der Waals surface area contributed by atoms with E-state index < -0.39 is 0 Å².